The Morgan fingerprint density at radius 3 is 2.27 bits per heavy atom. The number of rotatable bonds is 7. The zero-order valence-electron chi connectivity index (χ0n) is 8.61. The van der Waals surface area contributed by atoms with E-state index in [0.29, 0.717) is 0 Å². The third kappa shape index (κ3) is 6.45. The van der Waals surface area contributed by atoms with Crippen LogP contribution < -0.4 is 5.73 Å². The van der Waals surface area contributed by atoms with Crippen LogP contribution in [0.1, 0.15) is 6.42 Å². The number of quaternary nitrogens is 1. The van der Waals surface area contributed by atoms with E-state index < -0.39 is 18.0 Å². The van der Waals surface area contributed by atoms with E-state index >= 15 is 0 Å². The topological polar surface area (TPSA) is 80.2 Å². The second-order valence-corrected chi connectivity index (χ2v) is 2.79. The summed E-state index contributed by atoms with van der Waals surface area (Å²) in [5.74, 6) is -1.03. The van der Waals surface area contributed by atoms with Crippen molar-refractivity contribution in [3.05, 3.63) is 25.3 Å². The monoisotopic (exact) mass is 214 g/mol. The predicted octanol–water partition coefficient (Wildman–Crippen LogP) is -0.555. The molecule has 0 aliphatic carbocycles. The summed E-state index contributed by atoms with van der Waals surface area (Å²) in [6.45, 7) is 7.03. The standard InChI is InChI=1S/C10H15NO4/c1-3-5-14-9(12)7-8(11)10(13)15-6-4-2/h3-4,8H,1-2,5-7,11H2/p+1. The number of esters is 2. The number of ether oxygens (including phenoxy) is 2. The number of carbonyl (C=O) groups excluding carboxylic acids is 2. The van der Waals surface area contributed by atoms with Gasteiger partial charge >= 0.3 is 11.9 Å². The predicted molar refractivity (Wildman–Crippen MR) is 53.6 cm³/mol. The Balaban J connectivity index is 3.84. The maximum atomic E-state index is 11.2. The Morgan fingerprint density at radius 1 is 1.20 bits per heavy atom. The smallest absolute Gasteiger partial charge is 0.365 e. The molecule has 1 unspecified atom stereocenters. The molecular formula is C10H16NO4+. The zero-order valence-corrected chi connectivity index (χ0v) is 8.61. The first-order valence-electron chi connectivity index (χ1n) is 4.49. The average Bonchev–Trinajstić information content (AvgIpc) is 2.22. The van der Waals surface area contributed by atoms with Crippen molar-refractivity contribution in [2.45, 2.75) is 12.5 Å². The minimum atomic E-state index is -0.748. The molecule has 0 saturated carbocycles. The van der Waals surface area contributed by atoms with Crippen molar-refractivity contribution in [2.75, 3.05) is 13.2 Å². The van der Waals surface area contributed by atoms with Gasteiger partial charge in [-0.25, -0.2) is 4.79 Å². The molecule has 0 aliphatic heterocycles. The maximum Gasteiger partial charge on any atom is 0.365 e. The minimum Gasteiger partial charge on any atom is -0.461 e. The fourth-order valence-corrected chi connectivity index (χ4v) is 0.754. The SMILES string of the molecule is C=CCOC(=O)CC([NH3+])C(=O)OCC=C. The van der Waals surface area contributed by atoms with E-state index in [-0.39, 0.29) is 19.6 Å². The molecule has 5 nitrogen and oxygen atoms in total. The van der Waals surface area contributed by atoms with Crippen LogP contribution in [0.5, 0.6) is 0 Å². The molecule has 0 bridgehead atoms. The van der Waals surface area contributed by atoms with Crippen LogP contribution in [-0.2, 0) is 19.1 Å². The van der Waals surface area contributed by atoms with Gasteiger partial charge in [0.2, 0.25) is 0 Å². The third-order valence-corrected chi connectivity index (χ3v) is 1.45. The molecule has 15 heavy (non-hydrogen) atoms. The maximum absolute atomic E-state index is 11.2. The lowest BCUT2D eigenvalue weighted by Crippen LogP contribution is -2.66. The van der Waals surface area contributed by atoms with Gasteiger partial charge in [-0.15, -0.1) is 0 Å². The van der Waals surface area contributed by atoms with E-state index in [1.54, 1.807) is 0 Å². The first-order chi connectivity index (χ1) is 7.11. The lowest BCUT2D eigenvalue weighted by Gasteiger charge is -2.06. The van der Waals surface area contributed by atoms with Gasteiger partial charge in [-0.2, -0.15) is 0 Å². The Kier molecular flexibility index (Phi) is 6.92. The number of hydrogen-bond donors (Lipinski definition) is 1. The van der Waals surface area contributed by atoms with Crippen LogP contribution in [0.4, 0.5) is 0 Å². The van der Waals surface area contributed by atoms with E-state index in [1.807, 2.05) is 0 Å². The molecule has 0 amide bonds. The van der Waals surface area contributed by atoms with Gasteiger partial charge in [0.1, 0.15) is 19.6 Å². The summed E-state index contributed by atoms with van der Waals surface area (Å²) in [7, 11) is 0. The summed E-state index contributed by atoms with van der Waals surface area (Å²) in [6.07, 6.45) is 2.80. The van der Waals surface area contributed by atoms with Crippen molar-refractivity contribution in [3.8, 4) is 0 Å². The highest BCUT2D eigenvalue weighted by Gasteiger charge is 2.22. The second kappa shape index (κ2) is 7.75. The molecule has 84 valence electrons. The normalized spacial score (nSPS) is 11.3. The van der Waals surface area contributed by atoms with Gasteiger partial charge in [-0.1, -0.05) is 25.3 Å². The molecule has 0 aromatic heterocycles. The molecule has 0 rings (SSSR count). The number of carbonyl (C=O) groups is 2. The van der Waals surface area contributed by atoms with Gasteiger partial charge < -0.3 is 15.2 Å². The van der Waals surface area contributed by atoms with Crippen LogP contribution >= 0.6 is 0 Å². The molecule has 3 N–H and O–H groups in total. The van der Waals surface area contributed by atoms with E-state index in [1.165, 1.54) is 12.2 Å². The third-order valence-electron chi connectivity index (χ3n) is 1.45. The van der Waals surface area contributed by atoms with Gasteiger partial charge in [-0.3, -0.25) is 4.79 Å². The highest BCUT2D eigenvalue weighted by atomic mass is 16.5. The summed E-state index contributed by atoms with van der Waals surface area (Å²) >= 11 is 0. The average molecular weight is 214 g/mol. The van der Waals surface area contributed by atoms with Crippen LogP contribution in [0.2, 0.25) is 0 Å². The molecule has 0 fully saturated rings. The minimum absolute atomic E-state index is 0.0934. The van der Waals surface area contributed by atoms with E-state index in [2.05, 4.69) is 18.9 Å². The molecule has 0 radical (unpaired) electrons. The van der Waals surface area contributed by atoms with Crippen LogP contribution in [0.25, 0.3) is 0 Å². The Labute approximate surface area is 88.5 Å². The Morgan fingerprint density at radius 2 is 1.73 bits per heavy atom. The van der Waals surface area contributed by atoms with Crippen molar-refractivity contribution >= 4 is 11.9 Å². The largest absolute Gasteiger partial charge is 0.461 e. The lowest BCUT2D eigenvalue weighted by atomic mass is 10.2. The lowest BCUT2D eigenvalue weighted by molar-refractivity contribution is -0.407. The van der Waals surface area contributed by atoms with Crippen LogP contribution in [0.3, 0.4) is 0 Å². The number of hydrogen-bond acceptors (Lipinski definition) is 4. The van der Waals surface area contributed by atoms with E-state index in [4.69, 9.17) is 9.47 Å². The van der Waals surface area contributed by atoms with Crippen molar-refractivity contribution in [1.29, 1.82) is 0 Å². The van der Waals surface area contributed by atoms with Gasteiger partial charge in [0.15, 0.2) is 6.04 Å². The van der Waals surface area contributed by atoms with Crippen LogP contribution in [-0.4, -0.2) is 31.2 Å². The van der Waals surface area contributed by atoms with Gasteiger partial charge in [0, 0.05) is 0 Å². The highest BCUT2D eigenvalue weighted by Crippen LogP contribution is 1.94. The molecule has 0 heterocycles. The molecule has 0 aromatic rings. The second-order valence-electron chi connectivity index (χ2n) is 2.79. The molecule has 0 aromatic carbocycles. The summed E-state index contributed by atoms with van der Waals surface area (Å²) in [5.41, 5.74) is 3.50. The molecular weight excluding hydrogens is 198 g/mol. The van der Waals surface area contributed by atoms with Crippen molar-refractivity contribution in [3.63, 3.8) is 0 Å². The van der Waals surface area contributed by atoms with Gasteiger partial charge in [0.05, 0.1) is 0 Å². The molecule has 0 saturated heterocycles. The Bertz CT molecular complexity index is 250. The fourth-order valence-electron chi connectivity index (χ4n) is 0.754. The summed E-state index contributed by atoms with van der Waals surface area (Å²) in [6, 6.07) is -0.748. The van der Waals surface area contributed by atoms with Crippen LogP contribution in [0.15, 0.2) is 25.3 Å². The molecule has 0 spiro atoms. The highest BCUT2D eigenvalue weighted by molar-refractivity contribution is 5.81. The first-order valence-corrected chi connectivity index (χ1v) is 4.49. The van der Waals surface area contributed by atoms with E-state index in [9.17, 15) is 9.59 Å². The van der Waals surface area contributed by atoms with Crippen molar-refractivity contribution in [1.82, 2.24) is 0 Å². The Hall–Kier alpha value is -1.62. The first kappa shape index (κ1) is 13.4. The molecule has 0 aliphatic rings. The van der Waals surface area contributed by atoms with E-state index in [0.717, 1.165) is 0 Å². The van der Waals surface area contributed by atoms with Crippen LogP contribution in [0, 0.1) is 0 Å². The summed E-state index contributed by atoms with van der Waals surface area (Å²) < 4.78 is 9.40. The molecule has 5 heteroatoms. The van der Waals surface area contributed by atoms with Gasteiger partial charge in [-0.05, 0) is 0 Å². The summed E-state index contributed by atoms with van der Waals surface area (Å²) in [5, 5.41) is 0. The van der Waals surface area contributed by atoms with Gasteiger partial charge in [0.25, 0.3) is 0 Å². The quantitative estimate of drug-likeness (QED) is 0.455. The molecule has 1 atom stereocenters. The fraction of sp³-hybridized carbons (Fsp3) is 0.400. The van der Waals surface area contributed by atoms with Crippen molar-refractivity contribution < 1.29 is 24.8 Å². The zero-order chi connectivity index (χ0) is 11.7. The summed E-state index contributed by atoms with van der Waals surface area (Å²) in [4.78, 5) is 22.2. The van der Waals surface area contributed by atoms with Crippen molar-refractivity contribution in [2.24, 2.45) is 0 Å².